The Labute approximate surface area is 163 Å². The highest BCUT2D eigenvalue weighted by Crippen LogP contribution is 2.41. The number of carbonyl (C=O) groups excluding carboxylic acids is 2. The van der Waals surface area contributed by atoms with Crippen LogP contribution in [0, 0.1) is 17.8 Å². The van der Waals surface area contributed by atoms with E-state index in [1.807, 2.05) is 0 Å². The molecule has 6 nitrogen and oxygen atoms in total. The summed E-state index contributed by atoms with van der Waals surface area (Å²) in [5.74, 6) is -2.25. The molecule has 1 aromatic heterocycles. The number of carbonyl (C=O) groups is 3. The number of nitrogens with one attached hydrogen (secondary N) is 1. The lowest BCUT2D eigenvalue weighted by molar-refractivity contribution is -0.147. The summed E-state index contributed by atoms with van der Waals surface area (Å²) in [5, 5.41) is 12.8. The van der Waals surface area contributed by atoms with Gasteiger partial charge in [-0.15, -0.1) is 11.3 Å². The Hall–Kier alpha value is -1.89. The molecule has 1 aromatic rings. The zero-order valence-electron chi connectivity index (χ0n) is 15.9. The van der Waals surface area contributed by atoms with Gasteiger partial charge in [-0.2, -0.15) is 0 Å². The molecule has 7 heteroatoms. The molecule has 0 saturated heterocycles. The van der Waals surface area contributed by atoms with Crippen molar-refractivity contribution in [2.45, 2.75) is 58.3 Å². The number of esters is 1. The number of fused-ring (bicyclic) bond motifs is 1. The fourth-order valence-corrected chi connectivity index (χ4v) is 5.71. The van der Waals surface area contributed by atoms with Gasteiger partial charge in [0, 0.05) is 4.88 Å². The molecule has 2 N–H and O–H groups in total. The summed E-state index contributed by atoms with van der Waals surface area (Å²) in [4.78, 5) is 37.9. The molecule has 1 saturated carbocycles. The second-order valence-corrected chi connectivity index (χ2v) is 8.65. The Morgan fingerprint density at radius 3 is 2.52 bits per heavy atom. The van der Waals surface area contributed by atoms with Crippen LogP contribution in [0.1, 0.15) is 66.2 Å². The predicted molar refractivity (Wildman–Crippen MR) is 103 cm³/mol. The number of ether oxygens (including phenoxy) is 1. The predicted octanol–water partition coefficient (Wildman–Crippen LogP) is 3.88. The molecule has 1 heterocycles. The van der Waals surface area contributed by atoms with Crippen LogP contribution in [0.3, 0.4) is 0 Å². The van der Waals surface area contributed by atoms with Crippen molar-refractivity contribution in [3.05, 3.63) is 16.0 Å². The van der Waals surface area contributed by atoms with Crippen molar-refractivity contribution < 1.29 is 24.2 Å². The number of amides is 1. The second-order valence-electron chi connectivity index (χ2n) is 7.54. The maximum absolute atomic E-state index is 12.9. The van der Waals surface area contributed by atoms with E-state index in [9.17, 15) is 19.5 Å². The van der Waals surface area contributed by atoms with Crippen LogP contribution in [0.15, 0.2) is 0 Å². The van der Waals surface area contributed by atoms with Gasteiger partial charge in [0.2, 0.25) is 5.91 Å². The largest absolute Gasteiger partial charge is 0.481 e. The topological polar surface area (TPSA) is 92.7 Å². The maximum atomic E-state index is 12.9. The average molecular weight is 394 g/mol. The number of anilines is 1. The molecule has 2 aliphatic rings. The van der Waals surface area contributed by atoms with Gasteiger partial charge >= 0.3 is 11.9 Å². The van der Waals surface area contributed by atoms with Crippen molar-refractivity contribution in [1.29, 1.82) is 0 Å². The van der Waals surface area contributed by atoms with Gasteiger partial charge in [0.1, 0.15) is 5.00 Å². The van der Waals surface area contributed by atoms with E-state index in [-0.39, 0.29) is 5.91 Å². The molecule has 1 amide bonds. The molecule has 0 aliphatic heterocycles. The van der Waals surface area contributed by atoms with E-state index in [1.165, 1.54) is 18.4 Å². The summed E-state index contributed by atoms with van der Waals surface area (Å²) in [6, 6.07) is 0. The second kappa shape index (κ2) is 8.42. The molecule has 3 rings (SSSR count). The number of hydrogen-bond acceptors (Lipinski definition) is 5. The number of hydrogen-bond donors (Lipinski definition) is 2. The van der Waals surface area contributed by atoms with E-state index < -0.39 is 23.8 Å². The SMILES string of the molecule is CC[C@@H]1CCc2c(sc(NC(=O)[C@H]3CCCC[C@H]3C(=O)O)c2C(=O)OC)C1. The van der Waals surface area contributed by atoms with Crippen LogP contribution in [-0.4, -0.2) is 30.1 Å². The van der Waals surface area contributed by atoms with Gasteiger partial charge in [-0.3, -0.25) is 9.59 Å². The molecule has 0 unspecified atom stereocenters. The molecular formula is C20H27NO5S. The molecule has 0 spiro atoms. The molecule has 0 bridgehead atoms. The minimum absolute atomic E-state index is 0.294. The van der Waals surface area contributed by atoms with Gasteiger partial charge in [-0.05, 0) is 43.6 Å². The van der Waals surface area contributed by atoms with Crippen LogP contribution >= 0.6 is 11.3 Å². The number of carboxylic acid groups (broad SMARTS) is 1. The maximum Gasteiger partial charge on any atom is 0.341 e. The van der Waals surface area contributed by atoms with Crippen molar-refractivity contribution in [3.63, 3.8) is 0 Å². The van der Waals surface area contributed by atoms with Gasteiger partial charge in [-0.25, -0.2) is 4.79 Å². The minimum Gasteiger partial charge on any atom is -0.481 e. The van der Waals surface area contributed by atoms with Crippen LogP contribution in [-0.2, 0) is 27.2 Å². The van der Waals surface area contributed by atoms with E-state index in [0.717, 1.165) is 49.0 Å². The van der Waals surface area contributed by atoms with Crippen molar-refractivity contribution in [2.75, 3.05) is 12.4 Å². The molecule has 0 radical (unpaired) electrons. The first-order valence-corrected chi connectivity index (χ1v) is 10.5. The van der Waals surface area contributed by atoms with E-state index in [2.05, 4.69) is 12.2 Å². The smallest absolute Gasteiger partial charge is 0.341 e. The first kappa shape index (κ1) is 19.9. The third-order valence-electron chi connectivity index (χ3n) is 5.99. The van der Waals surface area contributed by atoms with Crippen LogP contribution in [0.5, 0.6) is 0 Å². The molecular weight excluding hydrogens is 366 g/mol. The van der Waals surface area contributed by atoms with Crippen LogP contribution in [0.4, 0.5) is 5.00 Å². The summed E-state index contributed by atoms with van der Waals surface area (Å²) >= 11 is 1.45. The number of thiophene rings is 1. The first-order valence-electron chi connectivity index (χ1n) is 9.72. The standard InChI is InChI=1S/C20H27NO5S/c1-3-11-8-9-14-15(10-11)27-18(16(14)20(25)26-2)21-17(22)12-6-4-5-7-13(12)19(23)24/h11-13H,3-10H2,1-2H3,(H,21,22)(H,23,24)/t11-,12+,13-/m1/s1. The third-order valence-corrected chi connectivity index (χ3v) is 7.16. The molecule has 1 fully saturated rings. The highest BCUT2D eigenvalue weighted by Gasteiger charge is 2.37. The van der Waals surface area contributed by atoms with Gasteiger partial charge in [-0.1, -0.05) is 26.2 Å². The zero-order chi connectivity index (χ0) is 19.6. The Balaban J connectivity index is 1.87. The number of carboxylic acids is 1. The molecule has 2 aliphatic carbocycles. The minimum atomic E-state index is -0.917. The normalized spacial score (nSPS) is 24.7. The first-order chi connectivity index (χ1) is 13.0. The number of methoxy groups -OCH3 is 1. The fourth-order valence-electron chi connectivity index (χ4n) is 4.35. The average Bonchev–Trinajstić information content (AvgIpc) is 3.03. The lowest BCUT2D eigenvalue weighted by Gasteiger charge is -2.27. The summed E-state index contributed by atoms with van der Waals surface area (Å²) < 4.78 is 4.96. The van der Waals surface area contributed by atoms with Crippen LogP contribution in [0.25, 0.3) is 0 Å². The van der Waals surface area contributed by atoms with Crippen molar-refractivity contribution in [3.8, 4) is 0 Å². The quantitative estimate of drug-likeness (QED) is 0.741. The third kappa shape index (κ3) is 4.03. The van der Waals surface area contributed by atoms with Crippen LogP contribution < -0.4 is 5.32 Å². The Morgan fingerprint density at radius 2 is 1.89 bits per heavy atom. The zero-order valence-corrected chi connectivity index (χ0v) is 16.7. The molecule has 148 valence electrons. The number of aliphatic carboxylic acids is 1. The van der Waals surface area contributed by atoms with Crippen LogP contribution in [0.2, 0.25) is 0 Å². The highest BCUT2D eigenvalue weighted by molar-refractivity contribution is 7.17. The van der Waals surface area contributed by atoms with Crippen molar-refractivity contribution in [1.82, 2.24) is 0 Å². The lowest BCUT2D eigenvalue weighted by Crippen LogP contribution is -2.36. The van der Waals surface area contributed by atoms with Crippen molar-refractivity contribution in [2.24, 2.45) is 17.8 Å². The molecule has 3 atom stereocenters. The summed E-state index contributed by atoms with van der Waals surface area (Å²) in [7, 11) is 1.34. The van der Waals surface area contributed by atoms with E-state index in [1.54, 1.807) is 0 Å². The van der Waals surface area contributed by atoms with Gasteiger partial charge in [0.05, 0.1) is 24.5 Å². The van der Waals surface area contributed by atoms with E-state index in [4.69, 9.17) is 4.74 Å². The fraction of sp³-hybridized carbons (Fsp3) is 0.650. The lowest BCUT2D eigenvalue weighted by atomic mass is 9.78. The van der Waals surface area contributed by atoms with Crippen molar-refractivity contribution >= 4 is 34.2 Å². The molecule has 0 aromatic carbocycles. The van der Waals surface area contributed by atoms with E-state index >= 15 is 0 Å². The van der Waals surface area contributed by atoms with Gasteiger partial charge in [0.25, 0.3) is 0 Å². The summed E-state index contributed by atoms with van der Waals surface area (Å²) in [6.45, 7) is 2.17. The van der Waals surface area contributed by atoms with E-state index in [0.29, 0.717) is 29.3 Å². The van der Waals surface area contributed by atoms with Gasteiger partial charge in [0.15, 0.2) is 0 Å². The monoisotopic (exact) mass is 393 g/mol. The van der Waals surface area contributed by atoms with Gasteiger partial charge < -0.3 is 15.2 Å². The summed E-state index contributed by atoms with van der Waals surface area (Å²) in [6.07, 6.45) is 6.63. The number of rotatable bonds is 5. The Morgan fingerprint density at radius 1 is 1.19 bits per heavy atom. The Kier molecular flexibility index (Phi) is 6.19. The highest BCUT2D eigenvalue weighted by atomic mass is 32.1. The molecule has 27 heavy (non-hydrogen) atoms. The summed E-state index contributed by atoms with van der Waals surface area (Å²) in [5.41, 5.74) is 1.45. The Bertz CT molecular complexity index is 741.